The van der Waals surface area contributed by atoms with Crippen molar-refractivity contribution >= 4 is 15.8 Å². The summed E-state index contributed by atoms with van der Waals surface area (Å²) >= 11 is 0. The molecular weight excluding hydrogens is 148 g/mol. The van der Waals surface area contributed by atoms with E-state index in [4.69, 9.17) is 4.74 Å². The molecule has 54 valence electrons. The van der Waals surface area contributed by atoms with Crippen LogP contribution in [0.5, 0.6) is 0 Å². The molecule has 0 fully saturated rings. The number of hydrogen-bond acceptors (Lipinski definition) is 2. The van der Waals surface area contributed by atoms with Gasteiger partial charge in [0.05, 0.1) is 17.1 Å². The van der Waals surface area contributed by atoms with Gasteiger partial charge in [-0.3, -0.25) is 0 Å². The van der Waals surface area contributed by atoms with Gasteiger partial charge >= 0.3 is 5.30 Å². The Morgan fingerprint density at radius 1 is 1.50 bits per heavy atom. The minimum Gasteiger partial charge on any atom is -0.422 e. The molecular formula is C7H9O2S+. The Labute approximate surface area is 62.4 Å². The molecule has 1 rings (SSSR count). The molecule has 0 aliphatic rings. The molecule has 0 unspecified atom stereocenters. The Morgan fingerprint density at radius 2 is 2.10 bits per heavy atom. The fraction of sp³-hybridized carbons (Fsp3) is 0.286. The van der Waals surface area contributed by atoms with Crippen molar-refractivity contribution in [1.82, 2.24) is 0 Å². The molecule has 0 saturated carbocycles. The highest BCUT2D eigenvalue weighted by Crippen LogP contribution is 2.18. The summed E-state index contributed by atoms with van der Waals surface area (Å²) in [6, 6.07) is 3.72. The first-order chi connectivity index (χ1) is 4.84. The van der Waals surface area contributed by atoms with Crippen molar-refractivity contribution in [2.24, 2.45) is 0 Å². The zero-order chi connectivity index (χ0) is 7.40. The third-order valence-electron chi connectivity index (χ3n) is 1.02. The molecule has 0 aromatic carbocycles. The molecule has 1 aromatic heterocycles. The summed E-state index contributed by atoms with van der Waals surface area (Å²) in [7, 11) is -0.394. The number of ether oxygens (including phenoxy) is 1. The summed E-state index contributed by atoms with van der Waals surface area (Å²) < 4.78 is 4.80. The average molecular weight is 157 g/mol. The van der Waals surface area contributed by atoms with Gasteiger partial charge in [-0.05, 0) is 19.1 Å². The zero-order valence-corrected chi connectivity index (χ0v) is 6.56. The topological polar surface area (TPSA) is 26.3 Å². The van der Waals surface area contributed by atoms with Gasteiger partial charge in [0.2, 0.25) is 0 Å². The summed E-state index contributed by atoms with van der Waals surface area (Å²) in [5, 5.41) is 3.56. The number of rotatable bonds is 2. The first-order valence-electron chi connectivity index (χ1n) is 3.08. The van der Waals surface area contributed by atoms with Gasteiger partial charge in [0.15, 0.2) is 10.8 Å². The Bertz CT molecular complexity index is 203. The van der Waals surface area contributed by atoms with E-state index in [9.17, 15) is 4.79 Å². The van der Waals surface area contributed by atoms with E-state index < -0.39 is 10.5 Å². The third kappa shape index (κ3) is 1.57. The van der Waals surface area contributed by atoms with E-state index in [2.05, 4.69) is 0 Å². The number of carbonyl (C=O) groups excluding carboxylic acids is 1. The summed E-state index contributed by atoms with van der Waals surface area (Å²) in [5.74, 6) is 0. The molecule has 1 aromatic rings. The molecule has 3 heteroatoms. The number of hydrogen-bond donors (Lipinski definition) is 0. The van der Waals surface area contributed by atoms with Crippen molar-refractivity contribution in [2.45, 2.75) is 6.92 Å². The van der Waals surface area contributed by atoms with Gasteiger partial charge < -0.3 is 4.74 Å². The van der Waals surface area contributed by atoms with E-state index in [-0.39, 0.29) is 5.30 Å². The Hall–Kier alpha value is -0.830. The molecule has 0 aliphatic heterocycles. The maximum Gasteiger partial charge on any atom is 0.554 e. The van der Waals surface area contributed by atoms with E-state index in [1.54, 1.807) is 0 Å². The molecule has 0 bridgehead atoms. The number of carbonyl (C=O) groups is 1. The molecule has 0 atom stereocenters. The van der Waals surface area contributed by atoms with Crippen LogP contribution in [0.2, 0.25) is 0 Å². The summed E-state index contributed by atoms with van der Waals surface area (Å²) in [4.78, 5) is 10.9. The van der Waals surface area contributed by atoms with Crippen molar-refractivity contribution in [3.63, 3.8) is 0 Å². The maximum absolute atomic E-state index is 10.9. The SMILES string of the molecule is CCOC(=O)[s+]1cccc1. The summed E-state index contributed by atoms with van der Waals surface area (Å²) in [6.45, 7) is 2.27. The van der Waals surface area contributed by atoms with Crippen molar-refractivity contribution in [2.75, 3.05) is 6.61 Å². The Balaban J connectivity index is 2.59. The van der Waals surface area contributed by atoms with E-state index in [1.807, 2.05) is 29.8 Å². The molecule has 0 N–H and O–H groups in total. The van der Waals surface area contributed by atoms with Crippen LogP contribution in [0.1, 0.15) is 6.92 Å². The van der Waals surface area contributed by atoms with Gasteiger partial charge in [-0.2, -0.15) is 4.79 Å². The standard InChI is InChI=1S/C7H9O2S/c1-2-9-7(8)10-5-3-4-6-10/h3-6H,2H2,1H3/q+1. The van der Waals surface area contributed by atoms with Gasteiger partial charge in [0, 0.05) is 0 Å². The highest BCUT2D eigenvalue weighted by atomic mass is 32.2. The Kier molecular flexibility index (Phi) is 2.45. The number of thiophene rings is 1. The molecule has 1 heterocycles. The predicted octanol–water partition coefficient (Wildman–Crippen LogP) is 2.44. The third-order valence-corrected chi connectivity index (χ3v) is 2.42. The van der Waals surface area contributed by atoms with Crippen molar-refractivity contribution in [1.29, 1.82) is 0 Å². The molecule has 0 aliphatic carbocycles. The van der Waals surface area contributed by atoms with Crippen LogP contribution in [-0.4, -0.2) is 11.9 Å². The average Bonchev–Trinajstić information content (AvgIpc) is 2.38. The Morgan fingerprint density at radius 3 is 2.60 bits per heavy atom. The maximum atomic E-state index is 10.9. The van der Waals surface area contributed by atoms with Crippen LogP contribution in [0.15, 0.2) is 22.9 Å². The highest BCUT2D eigenvalue weighted by Gasteiger charge is 2.15. The lowest BCUT2D eigenvalue weighted by Gasteiger charge is -1.88. The lowest BCUT2D eigenvalue weighted by atomic mass is 10.7. The van der Waals surface area contributed by atoms with Gasteiger partial charge in [-0.1, -0.05) is 0 Å². The van der Waals surface area contributed by atoms with Crippen LogP contribution in [0.25, 0.3) is 0 Å². The van der Waals surface area contributed by atoms with Gasteiger partial charge in [-0.15, -0.1) is 0 Å². The van der Waals surface area contributed by atoms with E-state index in [1.165, 1.54) is 0 Å². The second kappa shape index (κ2) is 3.37. The second-order valence-corrected chi connectivity index (χ2v) is 3.33. The lowest BCUT2D eigenvalue weighted by molar-refractivity contribution is 0.180. The fourth-order valence-corrected chi connectivity index (χ4v) is 1.69. The zero-order valence-electron chi connectivity index (χ0n) is 5.74. The van der Waals surface area contributed by atoms with Crippen LogP contribution in [-0.2, 0) is 4.74 Å². The first kappa shape index (κ1) is 7.28. The van der Waals surface area contributed by atoms with E-state index in [0.717, 1.165) is 0 Å². The molecule has 0 saturated heterocycles. The van der Waals surface area contributed by atoms with Gasteiger partial charge in [-0.25, -0.2) is 0 Å². The molecule has 0 radical (unpaired) electrons. The lowest BCUT2D eigenvalue weighted by Crippen LogP contribution is -1.94. The summed E-state index contributed by atoms with van der Waals surface area (Å²) in [6.07, 6.45) is 0. The van der Waals surface area contributed by atoms with Crippen molar-refractivity contribution < 1.29 is 9.53 Å². The van der Waals surface area contributed by atoms with Crippen LogP contribution < -0.4 is 0 Å². The highest BCUT2D eigenvalue weighted by molar-refractivity contribution is 7.48. The minimum atomic E-state index is -0.394. The summed E-state index contributed by atoms with van der Waals surface area (Å²) in [5.41, 5.74) is 0. The van der Waals surface area contributed by atoms with Crippen LogP contribution in [0.3, 0.4) is 0 Å². The molecule has 2 nitrogen and oxygen atoms in total. The largest absolute Gasteiger partial charge is 0.554 e. The molecule has 0 spiro atoms. The van der Waals surface area contributed by atoms with Crippen LogP contribution >= 0.6 is 10.5 Å². The van der Waals surface area contributed by atoms with Gasteiger partial charge in [0.25, 0.3) is 0 Å². The minimum absolute atomic E-state index is 0.132. The smallest absolute Gasteiger partial charge is 0.422 e. The van der Waals surface area contributed by atoms with Crippen LogP contribution in [0, 0.1) is 0 Å². The quantitative estimate of drug-likeness (QED) is 0.487. The predicted molar refractivity (Wildman–Crippen MR) is 41.3 cm³/mol. The normalized spacial score (nSPS) is 9.30. The van der Waals surface area contributed by atoms with Crippen LogP contribution in [0.4, 0.5) is 4.79 Å². The fourth-order valence-electron chi connectivity index (χ4n) is 0.602. The van der Waals surface area contributed by atoms with Gasteiger partial charge in [0.1, 0.15) is 0 Å². The monoisotopic (exact) mass is 157 g/mol. The molecule has 0 amide bonds. The second-order valence-electron chi connectivity index (χ2n) is 1.71. The van der Waals surface area contributed by atoms with Crippen molar-refractivity contribution in [3.05, 3.63) is 22.9 Å². The van der Waals surface area contributed by atoms with E-state index >= 15 is 0 Å². The first-order valence-corrected chi connectivity index (χ1v) is 4.43. The molecule has 10 heavy (non-hydrogen) atoms. The van der Waals surface area contributed by atoms with Crippen molar-refractivity contribution in [3.8, 4) is 0 Å². The van der Waals surface area contributed by atoms with E-state index in [0.29, 0.717) is 6.61 Å².